The summed E-state index contributed by atoms with van der Waals surface area (Å²) in [6, 6.07) is 12.5. The molecule has 0 fully saturated rings. The van der Waals surface area contributed by atoms with E-state index in [-0.39, 0.29) is 35.1 Å². The van der Waals surface area contributed by atoms with Crippen molar-refractivity contribution in [2.45, 2.75) is 18.4 Å². The van der Waals surface area contributed by atoms with Crippen LogP contribution in [0.25, 0.3) is 11.3 Å². The van der Waals surface area contributed by atoms with E-state index in [0.29, 0.717) is 16.8 Å². The van der Waals surface area contributed by atoms with Crippen molar-refractivity contribution in [3.8, 4) is 11.3 Å². The third-order valence-corrected chi connectivity index (χ3v) is 5.71. The summed E-state index contributed by atoms with van der Waals surface area (Å²) in [5, 5.41) is 0. The molecule has 0 aliphatic heterocycles. The summed E-state index contributed by atoms with van der Waals surface area (Å²) in [6.07, 6.45) is 1.32. The van der Waals surface area contributed by atoms with E-state index in [2.05, 4.69) is 9.71 Å². The van der Waals surface area contributed by atoms with Crippen LogP contribution in [0, 0.1) is 5.82 Å². The van der Waals surface area contributed by atoms with Gasteiger partial charge in [0.2, 0.25) is 10.0 Å². The van der Waals surface area contributed by atoms with Gasteiger partial charge in [-0.3, -0.25) is 14.2 Å². The van der Waals surface area contributed by atoms with Gasteiger partial charge in [0.15, 0.2) is 5.78 Å². The number of rotatable bonds is 7. The monoisotopic (exact) mass is 415 g/mol. The van der Waals surface area contributed by atoms with Crippen LogP contribution in [0.4, 0.5) is 4.39 Å². The maximum Gasteiger partial charge on any atom is 0.253 e. The van der Waals surface area contributed by atoms with Crippen molar-refractivity contribution >= 4 is 15.8 Å². The fraction of sp³-hybridized carbons (Fsp3) is 0.150. The fourth-order valence-electron chi connectivity index (χ4n) is 2.62. The molecule has 0 aliphatic rings. The molecule has 29 heavy (non-hydrogen) atoms. The lowest BCUT2D eigenvalue weighted by molar-refractivity contribution is 0.101. The Morgan fingerprint density at radius 2 is 1.76 bits per heavy atom. The van der Waals surface area contributed by atoms with Crippen molar-refractivity contribution in [2.75, 3.05) is 6.54 Å². The molecule has 0 spiro atoms. The number of ketones is 1. The minimum absolute atomic E-state index is 0.0196. The molecular formula is C20H18FN3O4S. The van der Waals surface area contributed by atoms with Gasteiger partial charge in [-0.15, -0.1) is 0 Å². The van der Waals surface area contributed by atoms with Crippen LogP contribution >= 0.6 is 0 Å². The first-order chi connectivity index (χ1) is 13.8. The van der Waals surface area contributed by atoms with E-state index < -0.39 is 10.0 Å². The summed E-state index contributed by atoms with van der Waals surface area (Å²) in [4.78, 5) is 27.7. The van der Waals surface area contributed by atoms with Gasteiger partial charge in [-0.2, -0.15) is 0 Å². The molecule has 1 heterocycles. The van der Waals surface area contributed by atoms with Crippen molar-refractivity contribution in [3.05, 3.63) is 82.7 Å². The van der Waals surface area contributed by atoms with Gasteiger partial charge in [0.1, 0.15) is 5.82 Å². The number of Topliss-reactive ketones (excluding diaryl/α,β-unsaturated/α-hetero) is 1. The van der Waals surface area contributed by atoms with E-state index in [0.717, 1.165) is 0 Å². The van der Waals surface area contributed by atoms with Crippen molar-refractivity contribution in [2.24, 2.45) is 0 Å². The summed E-state index contributed by atoms with van der Waals surface area (Å²) in [6.45, 7) is 1.46. The number of aromatic nitrogens is 2. The van der Waals surface area contributed by atoms with Crippen LogP contribution in [0.5, 0.6) is 0 Å². The zero-order chi connectivity index (χ0) is 21.0. The van der Waals surface area contributed by atoms with Gasteiger partial charge >= 0.3 is 0 Å². The number of hydrogen-bond acceptors (Lipinski definition) is 5. The lowest BCUT2D eigenvalue weighted by Gasteiger charge is -2.09. The maximum atomic E-state index is 13.0. The number of halogens is 1. The molecule has 0 unspecified atom stereocenters. The molecule has 1 N–H and O–H groups in total. The topological polar surface area (TPSA) is 98.1 Å². The normalized spacial score (nSPS) is 11.4. The van der Waals surface area contributed by atoms with Gasteiger partial charge in [0.25, 0.3) is 5.56 Å². The summed E-state index contributed by atoms with van der Waals surface area (Å²) in [7, 11) is -3.77. The zero-order valence-electron chi connectivity index (χ0n) is 15.5. The first-order valence-corrected chi connectivity index (χ1v) is 10.2. The molecule has 3 rings (SSSR count). The van der Waals surface area contributed by atoms with E-state index in [1.165, 1.54) is 72.4 Å². The molecule has 0 bridgehead atoms. The molecule has 9 heteroatoms. The van der Waals surface area contributed by atoms with Crippen molar-refractivity contribution in [1.82, 2.24) is 14.3 Å². The van der Waals surface area contributed by atoms with Crippen LogP contribution in [0.1, 0.15) is 17.3 Å². The molecule has 1 aromatic heterocycles. The molecule has 0 saturated carbocycles. The minimum atomic E-state index is -3.77. The highest BCUT2D eigenvalue weighted by Gasteiger charge is 2.14. The van der Waals surface area contributed by atoms with E-state index in [1.807, 2.05) is 0 Å². The molecule has 0 aliphatic carbocycles. The molecule has 7 nitrogen and oxygen atoms in total. The fourth-order valence-corrected chi connectivity index (χ4v) is 3.65. The van der Waals surface area contributed by atoms with Crippen molar-refractivity contribution in [1.29, 1.82) is 0 Å². The first-order valence-electron chi connectivity index (χ1n) is 8.69. The molecule has 0 amide bonds. The van der Waals surface area contributed by atoms with Gasteiger partial charge in [0, 0.05) is 30.3 Å². The lowest BCUT2D eigenvalue weighted by Crippen LogP contribution is -2.30. The largest absolute Gasteiger partial charge is 0.298 e. The Hall–Kier alpha value is -3.17. The Bertz CT molecular complexity index is 1190. The van der Waals surface area contributed by atoms with Crippen LogP contribution in [-0.4, -0.2) is 30.3 Å². The third-order valence-electron chi connectivity index (χ3n) is 4.24. The number of nitrogens with zero attached hydrogens (tertiary/aromatic N) is 2. The molecule has 0 saturated heterocycles. The van der Waals surface area contributed by atoms with Crippen molar-refractivity contribution in [3.63, 3.8) is 0 Å². The second-order valence-corrected chi connectivity index (χ2v) is 8.06. The first kappa shape index (κ1) is 20.6. The average Bonchev–Trinajstić information content (AvgIpc) is 2.70. The third kappa shape index (κ3) is 5.01. The Morgan fingerprint density at radius 3 is 2.34 bits per heavy atom. The number of carbonyl (C=O) groups excluding carboxylic acids is 1. The SMILES string of the molecule is CC(=O)c1ccc(S(=O)(=O)NCCn2cnc(-c3ccc(F)cc3)cc2=O)cc1. The Kier molecular flexibility index (Phi) is 6.00. The lowest BCUT2D eigenvalue weighted by atomic mass is 10.1. The molecular weight excluding hydrogens is 397 g/mol. The number of nitrogens with one attached hydrogen (secondary N) is 1. The number of benzene rings is 2. The average molecular weight is 415 g/mol. The molecule has 2 aromatic carbocycles. The zero-order valence-corrected chi connectivity index (χ0v) is 16.3. The van der Waals surface area contributed by atoms with E-state index in [4.69, 9.17) is 0 Å². The number of hydrogen-bond donors (Lipinski definition) is 1. The van der Waals surface area contributed by atoms with Crippen LogP contribution in [0.15, 0.2) is 70.6 Å². The summed E-state index contributed by atoms with van der Waals surface area (Å²) in [5.41, 5.74) is 1.06. The van der Waals surface area contributed by atoms with Gasteiger partial charge in [-0.05, 0) is 43.3 Å². The van der Waals surface area contributed by atoms with Gasteiger partial charge in [-0.1, -0.05) is 12.1 Å². The second kappa shape index (κ2) is 8.46. The molecule has 150 valence electrons. The highest BCUT2D eigenvalue weighted by Crippen LogP contribution is 2.15. The molecule has 0 atom stereocenters. The van der Waals surface area contributed by atoms with Gasteiger partial charge in [0.05, 0.1) is 16.9 Å². The van der Waals surface area contributed by atoms with Crippen LogP contribution in [-0.2, 0) is 16.6 Å². The Labute approximate surface area is 166 Å². The number of carbonyl (C=O) groups is 1. The summed E-state index contributed by atoms with van der Waals surface area (Å²) >= 11 is 0. The van der Waals surface area contributed by atoms with Gasteiger partial charge < -0.3 is 0 Å². The minimum Gasteiger partial charge on any atom is -0.298 e. The highest BCUT2D eigenvalue weighted by molar-refractivity contribution is 7.89. The smallest absolute Gasteiger partial charge is 0.253 e. The highest BCUT2D eigenvalue weighted by atomic mass is 32.2. The number of sulfonamides is 1. The predicted molar refractivity (Wildman–Crippen MR) is 106 cm³/mol. The molecule has 3 aromatic rings. The summed E-state index contributed by atoms with van der Waals surface area (Å²) < 4.78 is 41.3. The Morgan fingerprint density at radius 1 is 1.10 bits per heavy atom. The molecule has 0 radical (unpaired) electrons. The van der Waals surface area contributed by atoms with E-state index >= 15 is 0 Å². The van der Waals surface area contributed by atoms with Crippen molar-refractivity contribution < 1.29 is 17.6 Å². The Balaban J connectivity index is 1.66. The van der Waals surface area contributed by atoms with Crippen LogP contribution < -0.4 is 10.3 Å². The van der Waals surface area contributed by atoms with Crippen LogP contribution in [0.2, 0.25) is 0 Å². The van der Waals surface area contributed by atoms with E-state index in [9.17, 15) is 22.4 Å². The second-order valence-electron chi connectivity index (χ2n) is 6.29. The summed E-state index contributed by atoms with van der Waals surface area (Å²) in [5.74, 6) is -0.539. The quantitative estimate of drug-likeness (QED) is 0.597. The van der Waals surface area contributed by atoms with Crippen LogP contribution in [0.3, 0.4) is 0 Å². The van der Waals surface area contributed by atoms with Gasteiger partial charge in [-0.25, -0.2) is 22.5 Å². The van der Waals surface area contributed by atoms with E-state index in [1.54, 1.807) is 0 Å². The predicted octanol–water partition coefficient (Wildman–Crippen LogP) is 2.23. The maximum absolute atomic E-state index is 13.0. The standard InChI is InChI=1S/C20H18FN3O4S/c1-14(25)15-4-8-18(9-5-15)29(27,28)23-10-11-24-13-22-19(12-20(24)26)16-2-6-17(21)7-3-16/h2-9,12-13,23H,10-11H2,1H3.